The number of para-hydroxylation sites is 1. The largest absolute Gasteiger partial charge is 0.341 e. The van der Waals surface area contributed by atoms with E-state index in [9.17, 15) is 0 Å². The van der Waals surface area contributed by atoms with Gasteiger partial charge in [0.25, 0.3) is 0 Å². The fraction of sp³-hybridized carbons (Fsp3) is 0.0556. The normalized spacial score (nSPS) is 12.0. The number of hydrogen-bond donors (Lipinski definition) is 1. The van der Waals surface area contributed by atoms with Crippen molar-refractivity contribution in [1.29, 1.82) is 0 Å². The predicted octanol–water partition coefficient (Wildman–Crippen LogP) is 3.93. The Kier molecular flexibility index (Phi) is 4.04. The monoisotopic (exact) mass is 333 g/mol. The van der Waals surface area contributed by atoms with Gasteiger partial charge in [0.1, 0.15) is 0 Å². The number of tetrazole rings is 1. The summed E-state index contributed by atoms with van der Waals surface area (Å²) in [6.07, 6.45) is 0. The Morgan fingerprint density at radius 2 is 1.62 bits per heavy atom. The van der Waals surface area contributed by atoms with E-state index in [4.69, 9.17) is 0 Å². The molecule has 2 aromatic heterocycles. The highest BCUT2D eigenvalue weighted by Crippen LogP contribution is 2.29. The third-order valence-electron chi connectivity index (χ3n) is 3.70. The number of rotatable bonds is 5. The van der Waals surface area contributed by atoms with Crippen LogP contribution in [0, 0.1) is 0 Å². The highest BCUT2D eigenvalue weighted by Gasteiger charge is 2.18. The average molecular weight is 333 g/mol. The van der Waals surface area contributed by atoms with Gasteiger partial charge in [-0.15, -0.1) is 11.3 Å². The van der Waals surface area contributed by atoms with Gasteiger partial charge >= 0.3 is 0 Å². The van der Waals surface area contributed by atoms with Gasteiger partial charge in [-0.05, 0) is 39.6 Å². The minimum Gasteiger partial charge on any atom is -0.341 e. The van der Waals surface area contributed by atoms with Gasteiger partial charge in [0, 0.05) is 4.88 Å². The molecule has 0 bridgehead atoms. The Hall–Kier alpha value is -2.99. The molecule has 2 heterocycles. The van der Waals surface area contributed by atoms with Crippen LogP contribution < -0.4 is 5.32 Å². The molecule has 1 atom stereocenters. The Balaban J connectivity index is 1.71. The minimum absolute atomic E-state index is 0.000313. The van der Waals surface area contributed by atoms with Crippen LogP contribution in [0.25, 0.3) is 5.69 Å². The fourth-order valence-electron chi connectivity index (χ4n) is 2.57. The summed E-state index contributed by atoms with van der Waals surface area (Å²) in [5, 5.41) is 17.7. The lowest BCUT2D eigenvalue weighted by Crippen LogP contribution is -2.15. The van der Waals surface area contributed by atoms with Crippen molar-refractivity contribution >= 4 is 17.3 Å². The summed E-state index contributed by atoms with van der Waals surface area (Å²) < 4.78 is 1.71. The van der Waals surface area contributed by atoms with Crippen molar-refractivity contribution in [3.63, 3.8) is 0 Å². The second kappa shape index (κ2) is 6.64. The average Bonchev–Trinajstić information content (AvgIpc) is 3.33. The Labute approximate surface area is 143 Å². The van der Waals surface area contributed by atoms with Crippen molar-refractivity contribution in [1.82, 2.24) is 20.2 Å². The van der Waals surface area contributed by atoms with Crippen LogP contribution in [0.1, 0.15) is 16.5 Å². The summed E-state index contributed by atoms with van der Waals surface area (Å²) in [6, 6.07) is 24.3. The highest BCUT2D eigenvalue weighted by molar-refractivity contribution is 7.10. The van der Waals surface area contributed by atoms with E-state index in [1.807, 2.05) is 48.5 Å². The lowest BCUT2D eigenvalue weighted by Gasteiger charge is -2.18. The smallest absolute Gasteiger partial charge is 0.248 e. The first-order chi connectivity index (χ1) is 11.9. The Bertz CT molecular complexity index is 888. The van der Waals surface area contributed by atoms with Crippen LogP contribution in [-0.4, -0.2) is 20.2 Å². The van der Waals surface area contributed by atoms with Crippen molar-refractivity contribution < 1.29 is 0 Å². The van der Waals surface area contributed by atoms with E-state index < -0.39 is 0 Å². The zero-order valence-electron chi connectivity index (χ0n) is 12.8. The molecule has 0 fully saturated rings. The van der Waals surface area contributed by atoms with Crippen LogP contribution in [0.2, 0.25) is 0 Å². The molecule has 2 aromatic carbocycles. The maximum Gasteiger partial charge on any atom is 0.248 e. The highest BCUT2D eigenvalue weighted by atomic mass is 32.1. The van der Waals surface area contributed by atoms with E-state index in [1.54, 1.807) is 16.0 Å². The minimum atomic E-state index is -0.000313. The van der Waals surface area contributed by atoms with Crippen LogP contribution in [0.4, 0.5) is 5.95 Å². The zero-order valence-corrected chi connectivity index (χ0v) is 13.6. The second-order valence-corrected chi connectivity index (χ2v) is 6.23. The molecule has 24 heavy (non-hydrogen) atoms. The standard InChI is InChI=1S/C18H15N5S/c1-3-8-14(9-4-1)17(16-12-7-13-24-16)19-18-20-21-22-23(18)15-10-5-2-6-11-15/h1-13,17H,(H,19,20,22)/t17-/m0/s1. The van der Waals surface area contributed by atoms with Gasteiger partial charge in [-0.2, -0.15) is 4.68 Å². The summed E-state index contributed by atoms with van der Waals surface area (Å²) in [6.45, 7) is 0. The molecule has 4 rings (SSSR count). The van der Waals surface area contributed by atoms with E-state index in [1.165, 1.54) is 10.4 Å². The maximum atomic E-state index is 4.16. The number of benzene rings is 2. The molecule has 118 valence electrons. The fourth-order valence-corrected chi connectivity index (χ4v) is 3.37. The number of hydrogen-bond acceptors (Lipinski definition) is 5. The molecule has 0 unspecified atom stereocenters. The number of aromatic nitrogens is 4. The van der Waals surface area contributed by atoms with Crippen molar-refractivity contribution in [3.05, 3.63) is 88.6 Å². The molecule has 0 spiro atoms. The maximum absolute atomic E-state index is 4.16. The molecule has 0 aliphatic rings. The lowest BCUT2D eigenvalue weighted by atomic mass is 10.1. The number of anilines is 1. The summed E-state index contributed by atoms with van der Waals surface area (Å²) in [5.41, 5.74) is 2.09. The van der Waals surface area contributed by atoms with Gasteiger partial charge in [0.05, 0.1) is 11.7 Å². The van der Waals surface area contributed by atoms with Gasteiger partial charge in [-0.25, -0.2) is 0 Å². The number of nitrogens with zero attached hydrogens (tertiary/aromatic N) is 4. The Morgan fingerprint density at radius 3 is 2.33 bits per heavy atom. The van der Waals surface area contributed by atoms with Crippen LogP contribution in [0.3, 0.4) is 0 Å². The molecule has 0 aliphatic carbocycles. The molecule has 0 saturated heterocycles. The third-order valence-corrected chi connectivity index (χ3v) is 4.64. The van der Waals surface area contributed by atoms with E-state index in [0.717, 1.165) is 5.69 Å². The van der Waals surface area contributed by atoms with E-state index in [2.05, 4.69) is 50.5 Å². The van der Waals surface area contributed by atoms with Crippen LogP contribution in [0.5, 0.6) is 0 Å². The molecular formula is C18H15N5S. The van der Waals surface area contributed by atoms with Crippen molar-refractivity contribution in [2.45, 2.75) is 6.04 Å². The van der Waals surface area contributed by atoms with Gasteiger partial charge < -0.3 is 5.32 Å². The Morgan fingerprint density at radius 1 is 0.875 bits per heavy atom. The van der Waals surface area contributed by atoms with Crippen molar-refractivity contribution in [3.8, 4) is 5.69 Å². The molecule has 1 N–H and O–H groups in total. The third kappa shape index (κ3) is 2.91. The molecule has 5 nitrogen and oxygen atoms in total. The molecule has 0 amide bonds. The van der Waals surface area contributed by atoms with Gasteiger partial charge in [-0.1, -0.05) is 59.7 Å². The van der Waals surface area contributed by atoms with E-state index >= 15 is 0 Å². The second-order valence-electron chi connectivity index (χ2n) is 5.25. The van der Waals surface area contributed by atoms with Crippen LogP contribution >= 0.6 is 11.3 Å². The van der Waals surface area contributed by atoms with Gasteiger partial charge in [-0.3, -0.25) is 0 Å². The first kappa shape index (κ1) is 14.6. The zero-order chi connectivity index (χ0) is 16.2. The molecule has 6 heteroatoms. The molecular weight excluding hydrogens is 318 g/mol. The molecule has 4 aromatic rings. The first-order valence-electron chi connectivity index (χ1n) is 7.60. The molecule has 0 aliphatic heterocycles. The van der Waals surface area contributed by atoms with Crippen LogP contribution in [-0.2, 0) is 0 Å². The summed E-state index contributed by atoms with van der Waals surface area (Å²) in [5.74, 6) is 0.614. The van der Waals surface area contributed by atoms with E-state index in [0.29, 0.717) is 5.95 Å². The van der Waals surface area contributed by atoms with Crippen molar-refractivity contribution in [2.75, 3.05) is 5.32 Å². The summed E-state index contributed by atoms with van der Waals surface area (Å²) >= 11 is 1.71. The van der Waals surface area contributed by atoms with Gasteiger partial charge in [0.2, 0.25) is 5.95 Å². The van der Waals surface area contributed by atoms with E-state index in [-0.39, 0.29) is 6.04 Å². The molecule has 0 radical (unpaired) electrons. The summed E-state index contributed by atoms with van der Waals surface area (Å²) in [4.78, 5) is 1.21. The predicted molar refractivity (Wildman–Crippen MR) is 95.4 cm³/mol. The van der Waals surface area contributed by atoms with Gasteiger partial charge in [0.15, 0.2) is 0 Å². The van der Waals surface area contributed by atoms with Crippen LogP contribution in [0.15, 0.2) is 78.2 Å². The number of nitrogens with one attached hydrogen (secondary N) is 1. The first-order valence-corrected chi connectivity index (χ1v) is 8.48. The SMILES string of the molecule is c1ccc([C@H](Nc2nnnn2-c2ccccc2)c2cccs2)cc1. The summed E-state index contributed by atoms with van der Waals surface area (Å²) in [7, 11) is 0. The topological polar surface area (TPSA) is 55.6 Å². The number of thiophene rings is 1. The quantitative estimate of drug-likeness (QED) is 0.601. The lowest BCUT2D eigenvalue weighted by molar-refractivity contribution is 0.786. The van der Waals surface area contributed by atoms with Crippen molar-refractivity contribution in [2.24, 2.45) is 0 Å². The molecule has 0 saturated carbocycles.